The molecule has 1 saturated carbocycles. The second kappa shape index (κ2) is 5.58. The Balaban J connectivity index is 1.45. The van der Waals surface area contributed by atoms with Crippen molar-refractivity contribution < 1.29 is 15.0 Å². The monoisotopic (exact) mass is 353 g/mol. The molecule has 0 bridgehead atoms. The van der Waals surface area contributed by atoms with E-state index in [1.807, 2.05) is 18.6 Å². The van der Waals surface area contributed by atoms with Crippen LogP contribution in [0.1, 0.15) is 37.3 Å². The first-order valence-electron chi connectivity index (χ1n) is 9.38. The van der Waals surface area contributed by atoms with Crippen LogP contribution in [-0.4, -0.2) is 50.0 Å². The van der Waals surface area contributed by atoms with Gasteiger partial charge in [-0.25, -0.2) is 9.78 Å². The highest BCUT2D eigenvalue weighted by Crippen LogP contribution is 2.55. The summed E-state index contributed by atoms with van der Waals surface area (Å²) in [6.07, 6.45) is 5.96. The number of aliphatic hydroxyl groups is 1. The molecule has 1 aromatic heterocycles. The highest BCUT2D eigenvalue weighted by Gasteiger charge is 2.53. The van der Waals surface area contributed by atoms with Gasteiger partial charge in [0.25, 0.3) is 0 Å². The zero-order valence-electron chi connectivity index (χ0n) is 14.6. The first-order valence-corrected chi connectivity index (χ1v) is 9.38. The molecule has 2 aromatic rings. The summed E-state index contributed by atoms with van der Waals surface area (Å²) >= 11 is 0. The lowest BCUT2D eigenvalue weighted by Gasteiger charge is -2.42. The van der Waals surface area contributed by atoms with Crippen molar-refractivity contribution in [3.8, 4) is 11.3 Å². The van der Waals surface area contributed by atoms with E-state index in [-0.39, 0.29) is 17.4 Å². The van der Waals surface area contributed by atoms with Gasteiger partial charge in [-0.15, -0.1) is 0 Å². The van der Waals surface area contributed by atoms with E-state index in [1.165, 1.54) is 16.0 Å². The van der Waals surface area contributed by atoms with Gasteiger partial charge in [0.15, 0.2) is 0 Å². The maximum atomic E-state index is 11.3. The van der Waals surface area contributed by atoms with Crippen LogP contribution in [0.5, 0.6) is 0 Å². The van der Waals surface area contributed by atoms with Gasteiger partial charge < -0.3 is 19.7 Å². The topological polar surface area (TPSA) is 78.6 Å². The standard InChI is InChI=1S/C20H23N3O3/c24-18-15(5-6-20(18)7-9-22(10-8-20)19(25)26)17-14-4-2-1-3-13(14)16-11-21-12-23(16)17/h1-4,11-12,15,17-18,24H,5-10H2,(H,25,26)/t15-,17+,18+/m0/s1. The summed E-state index contributed by atoms with van der Waals surface area (Å²) in [5.41, 5.74) is 3.46. The predicted octanol–water partition coefficient (Wildman–Crippen LogP) is 2.98. The van der Waals surface area contributed by atoms with E-state index in [9.17, 15) is 15.0 Å². The molecule has 1 amide bonds. The molecular weight excluding hydrogens is 330 g/mol. The lowest BCUT2D eigenvalue weighted by molar-refractivity contribution is -0.0227. The van der Waals surface area contributed by atoms with Gasteiger partial charge >= 0.3 is 6.09 Å². The van der Waals surface area contributed by atoms with Crippen LogP contribution in [-0.2, 0) is 0 Å². The van der Waals surface area contributed by atoms with Gasteiger partial charge in [0.05, 0.1) is 30.4 Å². The molecule has 1 aliphatic carbocycles. The van der Waals surface area contributed by atoms with Gasteiger partial charge in [-0.2, -0.15) is 0 Å². The van der Waals surface area contributed by atoms with Crippen molar-refractivity contribution in [3.63, 3.8) is 0 Å². The van der Waals surface area contributed by atoms with Gasteiger partial charge in [0, 0.05) is 30.0 Å². The molecule has 2 N–H and O–H groups in total. The first-order chi connectivity index (χ1) is 12.6. The molecule has 3 heterocycles. The van der Waals surface area contributed by atoms with E-state index >= 15 is 0 Å². The van der Waals surface area contributed by atoms with E-state index < -0.39 is 12.2 Å². The average Bonchev–Trinajstić information content (AvgIpc) is 3.31. The largest absolute Gasteiger partial charge is 0.465 e. The molecule has 3 atom stereocenters. The third kappa shape index (κ3) is 2.08. The number of rotatable bonds is 1. The number of likely N-dealkylation sites (tertiary alicyclic amines) is 1. The van der Waals surface area contributed by atoms with E-state index in [2.05, 4.69) is 27.8 Å². The summed E-state index contributed by atoms with van der Waals surface area (Å²) in [6.45, 7) is 1.05. The predicted molar refractivity (Wildman–Crippen MR) is 95.8 cm³/mol. The highest BCUT2D eigenvalue weighted by atomic mass is 16.4. The minimum absolute atomic E-state index is 0.121. The Morgan fingerprint density at radius 1 is 1.19 bits per heavy atom. The number of fused-ring (bicyclic) bond motifs is 3. The summed E-state index contributed by atoms with van der Waals surface area (Å²) in [4.78, 5) is 17.0. The summed E-state index contributed by atoms with van der Waals surface area (Å²) < 4.78 is 2.21. The molecule has 26 heavy (non-hydrogen) atoms. The Labute approximate surface area is 152 Å². The number of aliphatic hydroxyl groups excluding tert-OH is 1. The number of carbonyl (C=O) groups is 1. The average molecular weight is 353 g/mol. The van der Waals surface area contributed by atoms with Crippen molar-refractivity contribution in [2.75, 3.05) is 13.1 Å². The van der Waals surface area contributed by atoms with Crippen molar-refractivity contribution in [2.24, 2.45) is 11.3 Å². The number of aromatic nitrogens is 2. The second-order valence-corrected chi connectivity index (χ2v) is 8.00. The van der Waals surface area contributed by atoms with Crippen LogP contribution < -0.4 is 0 Å². The molecule has 6 heteroatoms. The van der Waals surface area contributed by atoms with Gasteiger partial charge in [0.1, 0.15) is 0 Å². The van der Waals surface area contributed by atoms with Crippen LogP contribution in [0.4, 0.5) is 4.79 Å². The third-order valence-corrected chi connectivity index (χ3v) is 6.96. The fraction of sp³-hybridized carbons (Fsp3) is 0.500. The molecule has 6 nitrogen and oxygen atoms in total. The Kier molecular flexibility index (Phi) is 3.41. The van der Waals surface area contributed by atoms with Gasteiger partial charge in [0.2, 0.25) is 0 Å². The zero-order valence-corrected chi connectivity index (χ0v) is 14.6. The minimum atomic E-state index is -0.850. The van der Waals surface area contributed by atoms with Crippen LogP contribution >= 0.6 is 0 Å². The van der Waals surface area contributed by atoms with E-state index in [4.69, 9.17) is 0 Å². The molecule has 2 aliphatic heterocycles. The Hall–Kier alpha value is -2.34. The van der Waals surface area contributed by atoms with Crippen LogP contribution in [0, 0.1) is 11.3 Å². The number of imidazole rings is 1. The molecule has 1 aromatic carbocycles. The molecule has 0 radical (unpaired) electrons. The van der Waals surface area contributed by atoms with E-state index in [0.717, 1.165) is 31.4 Å². The molecule has 5 rings (SSSR count). The number of hydrogen-bond donors (Lipinski definition) is 2. The van der Waals surface area contributed by atoms with Crippen molar-refractivity contribution in [1.82, 2.24) is 14.5 Å². The number of carboxylic acid groups (broad SMARTS) is 1. The van der Waals surface area contributed by atoms with Gasteiger partial charge in [-0.05, 0) is 31.2 Å². The van der Waals surface area contributed by atoms with Crippen LogP contribution in [0.15, 0.2) is 36.8 Å². The summed E-state index contributed by atoms with van der Waals surface area (Å²) in [7, 11) is 0. The van der Waals surface area contributed by atoms with Gasteiger partial charge in [-0.1, -0.05) is 24.3 Å². The molecule has 136 valence electrons. The molecule has 1 spiro atoms. The fourth-order valence-corrected chi connectivity index (χ4v) is 5.54. The molecule has 2 fully saturated rings. The molecular formula is C20H23N3O3. The summed E-state index contributed by atoms with van der Waals surface area (Å²) in [6, 6.07) is 8.53. The Morgan fingerprint density at radius 3 is 2.73 bits per heavy atom. The zero-order chi connectivity index (χ0) is 17.9. The van der Waals surface area contributed by atoms with E-state index in [1.54, 1.807) is 0 Å². The highest BCUT2D eigenvalue weighted by molar-refractivity contribution is 5.69. The van der Waals surface area contributed by atoms with Crippen LogP contribution in [0.25, 0.3) is 11.3 Å². The second-order valence-electron chi connectivity index (χ2n) is 8.00. The van der Waals surface area contributed by atoms with Gasteiger partial charge in [-0.3, -0.25) is 0 Å². The number of hydrogen-bond acceptors (Lipinski definition) is 3. The third-order valence-electron chi connectivity index (χ3n) is 6.96. The maximum Gasteiger partial charge on any atom is 0.407 e. The quantitative estimate of drug-likeness (QED) is 0.826. The normalized spacial score (nSPS) is 29.0. The fourth-order valence-electron chi connectivity index (χ4n) is 5.54. The van der Waals surface area contributed by atoms with Crippen molar-refractivity contribution in [1.29, 1.82) is 0 Å². The summed E-state index contributed by atoms with van der Waals surface area (Å²) in [5.74, 6) is 0.142. The number of piperidine rings is 1. The van der Waals surface area contributed by atoms with Crippen molar-refractivity contribution >= 4 is 6.09 Å². The Bertz CT molecular complexity index is 853. The van der Waals surface area contributed by atoms with Crippen molar-refractivity contribution in [3.05, 3.63) is 42.4 Å². The molecule has 3 aliphatic rings. The molecule has 1 saturated heterocycles. The van der Waals surface area contributed by atoms with Crippen LogP contribution in [0.2, 0.25) is 0 Å². The van der Waals surface area contributed by atoms with Crippen molar-refractivity contribution in [2.45, 2.75) is 37.8 Å². The Morgan fingerprint density at radius 2 is 1.96 bits per heavy atom. The lowest BCUT2D eigenvalue weighted by atomic mass is 9.73. The first kappa shape index (κ1) is 15.9. The SMILES string of the molecule is O=C(O)N1CCC2(CC[C@@H]([C@H]3c4ccccc4-c4cncn43)[C@H]2O)CC1. The summed E-state index contributed by atoms with van der Waals surface area (Å²) in [5, 5.41) is 20.5. The van der Waals surface area contributed by atoms with E-state index in [0.29, 0.717) is 13.1 Å². The maximum absolute atomic E-state index is 11.3. The molecule has 0 unspecified atom stereocenters. The lowest BCUT2D eigenvalue weighted by Crippen LogP contribution is -2.47. The minimum Gasteiger partial charge on any atom is -0.465 e. The number of benzene rings is 1. The smallest absolute Gasteiger partial charge is 0.407 e. The van der Waals surface area contributed by atoms with Crippen LogP contribution in [0.3, 0.4) is 0 Å². The number of nitrogens with zero attached hydrogens (tertiary/aromatic N) is 3. The number of amides is 1.